The zero-order valence-corrected chi connectivity index (χ0v) is 14.1. The number of esters is 1. The SMILES string of the molecule is COC(=O)c1ccc(C(S)C(c2ccccc2)n2ccnc2)cc1. The third-order valence-electron chi connectivity index (χ3n) is 3.96. The summed E-state index contributed by atoms with van der Waals surface area (Å²) in [5, 5.41) is -0.0895. The third kappa shape index (κ3) is 3.36. The Kier molecular flexibility index (Phi) is 5.01. The number of hydrogen-bond acceptors (Lipinski definition) is 4. The predicted octanol–water partition coefficient (Wildman–Crippen LogP) is 3.93. The Hall–Kier alpha value is -2.53. The quantitative estimate of drug-likeness (QED) is 0.566. The molecule has 0 fully saturated rings. The molecule has 0 aliphatic heterocycles. The molecule has 2 atom stereocenters. The molecule has 0 aliphatic carbocycles. The van der Waals surface area contributed by atoms with E-state index >= 15 is 0 Å². The van der Waals surface area contributed by atoms with Crippen LogP contribution in [0.5, 0.6) is 0 Å². The van der Waals surface area contributed by atoms with Crippen LogP contribution in [0.25, 0.3) is 0 Å². The molecule has 3 aromatic rings. The fourth-order valence-corrected chi connectivity index (χ4v) is 3.22. The number of thiol groups is 1. The summed E-state index contributed by atoms with van der Waals surface area (Å²) in [7, 11) is 1.38. The molecule has 4 nitrogen and oxygen atoms in total. The Bertz CT molecular complexity index is 786. The molecular formula is C19H18N2O2S. The van der Waals surface area contributed by atoms with Gasteiger partial charge in [0.25, 0.3) is 0 Å². The summed E-state index contributed by atoms with van der Waals surface area (Å²) in [5.41, 5.74) is 2.70. The molecule has 0 N–H and O–H groups in total. The molecule has 1 heterocycles. The molecular weight excluding hydrogens is 320 g/mol. The summed E-state index contributed by atoms with van der Waals surface area (Å²) in [4.78, 5) is 15.7. The minimum Gasteiger partial charge on any atom is -0.465 e. The Morgan fingerprint density at radius 1 is 1.08 bits per heavy atom. The van der Waals surface area contributed by atoms with Gasteiger partial charge in [0.05, 0.1) is 30.3 Å². The fourth-order valence-electron chi connectivity index (χ4n) is 2.72. The number of rotatable bonds is 5. The summed E-state index contributed by atoms with van der Waals surface area (Å²) >= 11 is 4.86. The summed E-state index contributed by atoms with van der Waals surface area (Å²) < 4.78 is 6.78. The van der Waals surface area contributed by atoms with Gasteiger partial charge in [-0.25, -0.2) is 9.78 Å². The Morgan fingerprint density at radius 3 is 2.38 bits per heavy atom. The van der Waals surface area contributed by atoms with Gasteiger partial charge in [-0.1, -0.05) is 42.5 Å². The van der Waals surface area contributed by atoms with Crippen LogP contribution < -0.4 is 0 Å². The first-order chi connectivity index (χ1) is 11.7. The number of carbonyl (C=O) groups is 1. The van der Waals surface area contributed by atoms with Gasteiger partial charge in [0, 0.05) is 12.4 Å². The van der Waals surface area contributed by atoms with Gasteiger partial charge >= 0.3 is 5.97 Å². The van der Waals surface area contributed by atoms with E-state index in [1.165, 1.54) is 7.11 Å². The van der Waals surface area contributed by atoms with E-state index in [1.54, 1.807) is 24.7 Å². The lowest BCUT2D eigenvalue weighted by atomic mass is 9.97. The Morgan fingerprint density at radius 2 is 1.79 bits per heavy atom. The summed E-state index contributed by atoms with van der Waals surface area (Å²) in [6.45, 7) is 0. The topological polar surface area (TPSA) is 44.1 Å². The van der Waals surface area contributed by atoms with Crippen molar-refractivity contribution in [1.29, 1.82) is 0 Å². The molecule has 0 saturated carbocycles. The van der Waals surface area contributed by atoms with E-state index in [2.05, 4.69) is 17.1 Å². The Balaban J connectivity index is 1.95. The summed E-state index contributed by atoms with van der Waals surface area (Å²) in [6, 6.07) is 17.5. The minimum absolute atomic E-state index is 0.000935. The van der Waals surface area contributed by atoms with E-state index in [0.717, 1.165) is 11.1 Å². The minimum atomic E-state index is -0.341. The molecule has 0 bridgehead atoms. The van der Waals surface area contributed by atoms with E-state index in [4.69, 9.17) is 17.4 Å². The standard InChI is InChI=1S/C19H18N2O2S/c1-23-19(22)16-9-7-15(8-10-16)18(24)17(21-12-11-20-13-21)14-5-3-2-4-6-14/h2-13,17-18,24H,1H3. The van der Waals surface area contributed by atoms with Gasteiger partial charge in [-0.05, 0) is 23.3 Å². The van der Waals surface area contributed by atoms with Gasteiger partial charge in [0.1, 0.15) is 0 Å². The molecule has 0 spiro atoms. The average molecular weight is 338 g/mol. The highest BCUT2D eigenvalue weighted by Crippen LogP contribution is 2.37. The number of hydrogen-bond donors (Lipinski definition) is 1. The van der Waals surface area contributed by atoms with Crippen molar-refractivity contribution in [2.45, 2.75) is 11.3 Å². The van der Waals surface area contributed by atoms with Gasteiger partial charge in [-0.15, -0.1) is 0 Å². The zero-order chi connectivity index (χ0) is 16.9. The van der Waals surface area contributed by atoms with Crippen LogP contribution in [-0.4, -0.2) is 22.6 Å². The van der Waals surface area contributed by atoms with Gasteiger partial charge in [0.15, 0.2) is 0 Å². The van der Waals surface area contributed by atoms with Crippen LogP contribution in [0.2, 0.25) is 0 Å². The molecule has 24 heavy (non-hydrogen) atoms. The maximum absolute atomic E-state index is 11.6. The second kappa shape index (κ2) is 7.36. The number of imidazole rings is 1. The maximum Gasteiger partial charge on any atom is 0.337 e. The van der Waals surface area contributed by atoms with Crippen LogP contribution in [0.1, 0.15) is 32.8 Å². The average Bonchev–Trinajstić information content (AvgIpc) is 3.16. The first-order valence-electron chi connectivity index (χ1n) is 7.59. The molecule has 5 heteroatoms. The fraction of sp³-hybridized carbons (Fsp3) is 0.158. The molecule has 1 aromatic heterocycles. The highest BCUT2D eigenvalue weighted by atomic mass is 32.1. The van der Waals surface area contributed by atoms with Crippen molar-refractivity contribution in [1.82, 2.24) is 9.55 Å². The number of methoxy groups -OCH3 is 1. The first-order valence-corrected chi connectivity index (χ1v) is 8.11. The van der Waals surface area contributed by atoms with Crippen LogP contribution in [-0.2, 0) is 4.74 Å². The lowest BCUT2D eigenvalue weighted by molar-refractivity contribution is 0.0600. The van der Waals surface area contributed by atoms with E-state index in [0.29, 0.717) is 5.56 Å². The summed E-state index contributed by atoms with van der Waals surface area (Å²) in [5.74, 6) is -0.341. The molecule has 3 rings (SSSR count). The monoisotopic (exact) mass is 338 g/mol. The number of ether oxygens (including phenoxy) is 1. The number of aromatic nitrogens is 2. The molecule has 2 unspecified atom stereocenters. The van der Waals surface area contributed by atoms with E-state index in [-0.39, 0.29) is 17.3 Å². The molecule has 0 aliphatic rings. The molecule has 2 aromatic carbocycles. The number of benzene rings is 2. The van der Waals surface area contributed by atoms with Crippen LogP contribution in [0.4, 0.5) is 0 Å². The van der Waals surface area contributed by atoms with Crippen molar-refractivity contribution in [3.05, 3.63) is 90.0 Å². The van der Waals surface area contributed by atoms with Crippen molar-refractivity contribution in [3.63, 3.8) is 0 Å². The lowest BCUT2D eigenvalue weighted by Gasteiger charge is -2.25. The molecule has 0 saturated heterocycles. The van der Waals surface area contributed by atoms with Crippen LogP contribution >= 0.6 is 12.6 Å². The van der Waals surface area contributed by atoms with Crippen LogP contribution in [0.15, 0.2) is 73.3 Å². The van der Waals surface area contributed by atoms with Gasteiger partial charge < -0.3 is 9.30 Å². The van der Waals surface area contributed by atoms with E-state index in [1.807, 2.05) is 41.1 Å². The van der Waals surface area contributed by atoms with E-state index in [9.17, 15) is 4.79 Å². The largest absolute Gasteiger partial charge is 0.465 e. The van der Waals surface area contributed by atoms with Crippen LogP contribution in [0.3, 0.4) is 0 Å². The molecule has 0 amide bonds. The molecule has 122 valence electrons. The highest BCUT2D eigenvalue weighted by molar-refractivity contribution is 7.80. The lowest BCUT2D eigenvalue weighted by Crippen LogP contribution is -2.15. The smallest absolute Gasteiger partial charge is 0.337 e. The number of nitrogens with zero attached hydrogens (tertiary/aromatic N) is 2. The second-order valence-corrected chi connectivity index (χ2v) is 5.98. The van der Waals surface area contributed by atoms with Crippen molar-refractivity contribution in [2.75, 3.05) is 7.11 Å². The van der Waals surface area contributed by atoms with Gasteiger partial charge in [-0.3, -0.25) is 0 Å². The van der Waals surface area contributed by atoms with Crippen molar-refractivity contribution >= 4 is 18.6 Å². The predicted molar refractivity (Wildman–Crippen MR) is 96.3 cm³/mol. The van der Waals surface area contributed by atoms with Crippen molar-refractivity contribution < 1.29 is 9.53 Å². The first kappa shape index (κ1) is 16.3. The van der Waals surface area contributed by atoms with Crippen molar-refractivity contribution in [2.24, 2.45) is 0 Å². The normalized spacial score (nSPS) is 13.2. The maximum atomic E-state index is 11.6. The Labute approximate surface area is 146 Å². The highest BCUT2D eigenvalue weighted by Gasteiger charge is 2.23. The van der Waals surface area contributed by atoms with Crippen molar-refractivity contribution in [3.8, 4) is 0 Å². The molecule has 0 radical (unpaired) electrons. The third-order valence-corrected chi connectivity index (χ3v) is 4.54. The van der Waals surface area contributed by atoms with Gasteiger partial charge in [-0.2, -0.15) is 12.6 Å². The number of carbonyl (C=O) groups excluding carboxylic acids is 1. The second-order valence-electron chi connectivity index (χ2n) is 5.42. The zero-order valence-electron chi connectivity index (χ0n) is 13.2. The summed E-state index contributed by atoms with van der Waals surface area (Å²) in [6.07, 6.45) is 5.49. The van der Waals surface area contributed by atoms with Crippen LogP contribution in [0, 0.1) is 0 Å². The van der Waals surface area contributed by atoms with E-state index < -0.39 is 0 Å². The van der Waals surface area contributed by atoms with Gasteiger partial charge in [0.2, 0.25) is 0 Å².